The Morgan fingerprint density at radius 1 is 0.962 bits per heavy atom. The molecule has 5 rings (SSSR count). The molecule has 1 aliphatic heterocycles. The number of hydrogen-bond donors (Lipinski definition) is 1. The van der Waals surface area contributed by atoms with Crippen molar-refractivity contribution in [2.75, 3.05) is 18.0 Å². The fraction of sp³-hybridized carbons (Fsp3) is 0.250. The zero-order valence-electron chi connectivity index (χ0n) is 14.4. The Hall–Kier alpha value is -2.99. The van der Waals surface area contributed by atoms with E-state index in [-0.39, 0.29) is 0 Å². The van der Waals surface area contributed by atoms with Crippen LogP contribution in [0, 0.1) is 0 Å². The molecule has 4 heterocycles. The minimum Gasteiger partial charge on any atom is -0.371 e. The average Bonchev–Trinajstić information content (AvgIpc) is 3.12. The molecular weight excluding hydrogens is 324 g/mol. The van der Waals surface area contributed by atoms with Gasteiger partial charge in [0.2, 0.25) is 0 Å². The minimum absolute atomic E-state index is 0.342. The molecule has 1 fully saturated rings. The van der Waals surface area contributed by atoms with Crippen molar-refractivity contribution >= 4 is 27.8 Å². The highest BCUT2D eigenvalue weighted by Gasteiger charge is 2.16. The monoisotopic (exact) mass is 344 g/mol. The van der Waals surface area contributed by atoms with E-state index < -0.39 is 0 Å². The van der Waals surface area contributed by atoms with Crippen molar-refractivity contribution in [2.24, 2.45) is 5.73 Å². The van der Waals surface area contributed by atoms with E-state index in [1.165, 1.54) is 5.69 Å². The van der Waals surface area contributed by atoms with Gasteiger partial charge in [-0.1, -0.05) is 0 Å². The number of nitrogens with two attached hydrogens (primary N) is 1. The lowest BCUT2D eigenvalue weighted by molar-refractivity contribution is 0.501. The lowest BCUT2D eigenvalue weighted by Gasteiger charge is -2.32. The number of pyridine rings is 2. The number of nitrogens with zero attached hydrogens (tertiary/aromatic N) is 5. The molecule has 130 valence electrons. The van der Waals surface area contributed by atoms with Crippen molar-refractivity contribution in [3.63, 3.8) is 0 Å². The topological polar surface area (TPSA) is 72.9 Å². The Kier molecular flexibility index (Phi) is 3.57. The standard InChI is InChI=1S/C20H20N6/c21-15-7-10-25(11-8-15)16-4-5-17-14(12-16)3-6-19(24-17)26-13-23-18-2-1-9-22-20(18)26/h1-6,9,12-13,15H,7-8,10-11,21H2. The highest BCUT2D eigenvalue weighted by molar-refractivity contribution is 5.84. The Bertz CT molecular complexity index is 1080. The largest absolute Gasteiger partial charge is 0.371 e. The van der Waals surface area contributed by atoms with Crippen LogP contribution in [0.5, 0.6) is 0 Å². The van der Waals surface area contributed by atoms with E-state index in [4.69, 9.17) is 10.7 Å². The summed E-state index contributed by atoms with van der Waals surface area (Å²) in [5.41, 5.74) is 9.92. The lowest BCUT2D eigenvalue weighted by Crippen LogP contribution is -2.39. The van der Waals surface area contributed by atoms with Crippen LogP contribution in [0.15, 0.2) is 55.0 Å². The number of anilines is 1. The summed E-state index contributed by atoms with van der Waals surface area (Å²) < 4.78 is 1.93. The number of fused-ring (bicyclic) bond motifs is 2. The summed E-state index contributed by atoms with van der Waals surface area (Å²) in [5.74, 6) is 0.829. The molecule has 6 heteroatoms. The maximum absolute atomic E-state index is 6.02. The van der Waals surface area contributed by atoms with Crippen LogP contribution >= 0.6 is 0 Å². The van der Waals surface area contributed by atoms with E-state index in [9.17, 15) is 0 Å². The predicted octanol–water partition coefficient (Wildman–Crippen LogP) is 2.90. The van der Waals surface area contributed by atoms with Gasteiger partial charge in [-0.15, -0.1) is 0 Å². The van der Waals surface area contributed by atoms with Crippen molar-refractivity contribution in [1.82, 2.24) is 19.5 Å². The van der Waals surface area contributed by atoms with Gasteiger partial charge in [0.05, 0.1) is 5.52 Å². The molecular formula is C20H20N6. The summed E-state index contributed by atoms with van der Waals surface area (Å²) in [6.07, 6.45) is 5.65. The first-order chi connectivity index (χ1) is 12.8. The Morgan fingerprint density at radius 3 is 2.73 bits per heavy atom. The molecule has 3 aromatic heterocycles. The van der Waals surface area contributed by atoms with Gasteiger partial charge >= 0.3 is 0 Å². The van der Waals surface area contributed by atoms with Crippen LogP contribution in [0.25, 0.3) is 27.9 Å². The summed E-state index contributed by atoms with van der Waals surface area (Å²) in [7, 11) is 0. The molecule has 0 unspecified atom stereocenters. The number of piperidine rings is 1. The zero-order valence-corrected chi connectivity index (χ0v) is 14.4. The minimum atomic E-state index is 0.342. The summed E-state index contributed by atoms with van der Waals surface area (Å²) in [4.78, 5) is 16.0. The average molecular weight is 344 g/mol. The second-order valence-electron chi connectivity index (χ2n) is 6.83. The molecule has 6 nitrogen and oxygen atoms in total. The van der Waals surface area contributed by atoms with Gasteiger partial charge in [0.1, 0.15) is 17.7 Å². The smallest absolute Gasteiger partial charge is 0.165 e. The molecule has 26 heavy (non-hydrogen) atoms. The van der Waals surface area contributed by atoms with Crippen molar-refractivity contribution in [3.05, 3.63) is 55.0 Å². The maximum atomic E-state index is 6.02. The zero-order chi connectivity index (χ0) is 17.5. The van der Waals surface area contributed by atoms with E-state index >= 15 is 0 Å². The first kappa shape index (κ1) is 15.3. The van der Waals surface area contributed by atoms with Gasteiger partial charge in [-0.05, 0) is 55.3 Å². The number of benzene rings is 1. The number of rotatable bonds is 2. The summed E-state index contributed by atoms with van der Waals surface area (Å²) in [5, 5.41) is 1.14. The fourth-order valence-corrected chi connectivity index (χ4v) is 3.61. The van der Waals surface area contributed by atoms with Gasteiger partial charge in [-0.2, -0.15) is 0 Å². The SMILES string of the molecule is NC1CCN(c2ccc3nc(-n4cnc5cccnc54)ccc3c2)CC1. The van der Waals surface area contributed by atoms with Gasteiger partial charge in [-0.25, -0.2) is 15.0 Å². The summed E-state index contributed by atoms with van der Waals surface area (Å²) in [6.45, 7) is 2.04. The van der Waals surface area contributed by atoms with E-state index in [0.717, 1.165) is 53.8 Å². The van der Waals surface area contributed by atoms with Crippen molar-refractivity contribution in [1.29, 1.82) is 0 Å². The Labute approximate surface area is 151 Å². The van der Waals surface area contributed by atoms with Gasteiger partial charge in [0.15, 0.2) is 5.65 Å². The van der Waals surface area contributed by atoms with Gasteiger partial charge < -0.3 is 10.6 Å². The van der Waals surface area contributed by atoms with Gasteiger partial charge in [0, 0.05) is 36.4 Å². The molecule has 0 spiro atoms. The second kappa shape index (κ2) is 6.07. The predicted molar refractivity (Wildman–Crippen MR) is 104 cm³/mol. The van der Waals surface area contributed by atoms with E-state index in [2.05, 4.69) is 39.1 Å². The maximum Gasteiger partial charge on any atom is 0.165 e. The normalized spacial score (nSPS) is 15.8. The third kappa shape index (κ3) is 2.59. The highest BCUT2D eigenvalue weighted by atomic mass is 15.2. The summed E-state index contributed by atoms with van der Waals surface area (Å²) in [6, 6.07) is 14.8. The molecule has 1 saturated heterocycles. The molecule has 0 aliphatic carbocycles. The third-order valence-corrected chi connectivity index (χ3v) is 5.12. The number of imidazole rings is 1. The van der Waals surface area contributed by atoms with E-state index in [1.54, 1.807) is 12.5 Å². The second-order valence-corrected chi connectivity index (χ2v) is 6.83. The molecule has 0 bridgehead atoms. The van der Waals surface area contributed by atoms with Crippen molar-refractivity contribution < 1.29 is 0 Å². The van der Waals surface area contributed by atoms with Crippen molar-refractivity contribution in [3.8, 4) is 5.82 Å². The Morgan fingerprint density at radius 2 is 1.85 bits per heavy atom. The highest BCUT2D eigenvalue weighted by Crippen LogP contribution is 2.25. The molecule has 0 atom stereocenters. The van der Waals surface area contributed by atoms with E-state index in [0.29, 0.717) is 6.04 Å². The van der Waals surface area contributed by atoms with E-state index in [1.807, 2.05) is 22.8 Å². The van der Waals surface area contributed by atoms with Crippen molar-refractivity contribution in [2.45, 2.75) is 18.9 Å². The quantitative estimate of drug-likeness (QED) is 0.605. The number of hydrogen-bond acceptors (Lipinski definition) is 5. The molecule has 2 N–H and O–H groups in total. The molecule has 1 aromatic carbocycles. The van der Waals surface area contributed by atoms with Crippen LogP contribution in [-0.2, 0) is 0 Å². The molecule has 0 saturated carbocycles. The first-order valence-corrected chi connectivity index (χ1v) is 8.98. The van der Waals surface area contributed by atoms with Crippen LogP contribution < -0.4 is 10.6 Å². The van der Waals surface area contributed by atoms with Crippen LogP contribution in [-0.4, -0.2) is 38.7 Å². The molecule has 1 aliphatic rings. The number of aromatic nitrogens is 4. The fourth-order valence-electron chi connectivity index (χ4n) is 3.61. The molecule has 0 radical (unpaired) electrons. The Balaban J connectivity index is 1.51. The summed E-state index contributed by atoms with van der Waals surface area (Å²) >= 11 is 0. The third-order valence-electron chi connectivity index (χ3n) is 5.12. The van der Waals surface area contributed by atoms with Crippen LogP contribution in [0.2, 0.25) is 0 Å². The van der Waals surface area contributed by atoms with Crippen LogP contribution in [0.3, 0.4) is 0 Å². The lowest BCUT2D eigenvalue weighted by atomic mass is 10.0. The first-order valence-electron chi connectivity index (χ1n) is 8.98. The van der Waals surface area contributed by atoms with Crippen LogP contribution in [0.1, 0.15) is 12.8 Å². The van der Waals surface area contributed by atoms with Gasteiger partial charge in [-0.3, -0.25) is 4.57 Å². The van der Waals surface area contributed by atoms with Gasteiger partial charge in [0.25, 0.3) is 0 Å². The molecule has 0 amide bonds. The van der Waals surface area contributed by atoms with Crippen LogP contribution in [0.4, 0.5) is 5.69 Å². The molecule has 4 aromatic rings.